The minimum atomic E-state index is -0.347. The van der Waals surface area contributed by atoms with Crippen LogP contribution >= 0.6 is 11.6 Å². The number of halogens is 1. The van der Waals surface area contributed by atoms with E-state index < -0.39 is 0 Å². The van der Waals surface area contributed by atoms with Gasteiger partial charge in [-0.25, -0.2) is 0 Å². The normalized spacial score (nSPS) is 10.8. The summed E-state index contributed by atoms with van der Waals surface area (Å²) >= 11 is 6.19. The Labute approximate surface area is 143 Å². The third-order valence-electron chi connectivity index (χ3n) is 3.43. The first-order valence-electron chi connectivity index (χ1n) is 7.40. The summed E-state index contributed by atoms with van der Waals surface area (Å²) in [6.07, 6.45) is 0.641. The van der Waals surface area contributed by atoms with Crippen LogP contribution in [0.2, 0.25) is 5.02 Å². The minimum absolute atomic E-state index is 0.123. The first-order chi connectivity index (χ1) is 11.6. The van der Waals surface area contributed by atoms with E-state index in [9.17, 15) is 4.79 Å². The van der Waals surface area contributed by atoms with Crippen molar-refractivity contribution in [3.05, 3.63) is 52.4 Å². The van der Waals surface area contributed by atoms with Crippen molar-refractivity contribution in [2.24, 2.45) is 0 Å². The first kappa shape index (κ1) is 16.2. The molecule has 2 heterocycles. The molecule has 1 amide bonds. The number of aryl methyl sites for hydroxylation is 2. The number of benzene rings is 1. The number of aromatic nitrogens is 3. The molecule has 0 saturated carbocycles. The van der Waals surface area contributed by atoms with Crippen LogP contribution in [0, 0.1) is 6.92 Å². The lowest BCUT2D eigenvalue weighted by Crippen LogP contribution is -2.23. The molecule has 0 aliphatic carbocycles. The van der Waals surface area contributed by atoms with Gasteiger partial charge in [-0.2, -0.15) is 0 Å². The Balaban J connectivity index is 1.82. The van der Waals surface area contributed by atoms with E-state index in [-0.39, 0.29) is 12.5 Å². The molecule has 0 spiro atoms. The van der Waals surface area contributed by atoms with Crippen molar-refractivity contribution in [1.82, 2.24) is 20.7 Å². The average molecular weight is 347 g/mol. The molecule has 3 aromatic rings. The van der Waals surface area contributed by atoms with Gasteiger partial charge in [0.05, 0.1) is 11.6 Å². The van der Waals surface area contributed by atoms with Crippen molar-refractivity contribution in [3.63, 3.8) is 0 Å². The molecule has 2 aromatic heterocycles. The number of amides is 1. The topological polar surface area (TPSA) is 94.1 Å². The van der Waals surface area contributed by atoms with Gasteiger partial charge in [-0.15, -0.1) is 10.2 Å². The van der Waals surface area contributed by atoms with Gasteiger partial charge in [0.25, 0.3) is 5.91 Å². The summed E-state index contributed by atoms with van der Waals surface area (Å²) in [5, 5.41) is 14.9. The third kappa shape index (κ3) is 3.16. The second kappa shape index (κ2) is 6.84. The summed E-state index contributed by atoms with van der Waals surface area (Å²) in [7, 11) is 0. The molecule has 1 N–H and O–H groups in total. The fraction of sp³-hybridized carbons (Fsp3) is 0.250. The van der Waals surface area contributed by atoms with E-state index in [2.05, 4.69) is 20.7 Å². The van der Waals surface area contributed by atoms with Gasteiger partial charge >= 0.3 is 0 Å². The summed E-state index contributed by atoms with van der Waals surface area (Å²) in [6, 6.07) is 7.13. The highest BCUT2D eigenvalue weighted by atomic mass is 35.5. The van der Waals surface area contributed by atoms with E-state index in [1.165, 1.54) is 0 Å². The van der Waals surface area contributed by atoms with Crippen LogP contribution in [0.4, 0.5) is 0 Å². The van der Waals surface area contributed by atoms with Gasteiger partial charge in [0.15, 0.2) is 0 Å². The molecular weight excluding hydrogens is 332 g/mol. The summed E-state index contributed by atoms with van der Waals surface area (Å²) in [4.78, 5) is 12.5. The van der Waals surface area contributed by atoms with Crippen molar-refractivity contribution >= 4 is 17.5 Å². The molecular formula is C16H15ClN4O3. The fourth-order valence-electron chi connectivity index (χ4n) is 2.22. The summed E-state index contributed by atoms with van der Waals surface area (Å²) in [5.41, 5.74) is 1.36. The fourth-order valence-corrected chi connectivity index (χ4v) is 2.45. The van der Waals surface area contributed by atoms with Crippen molar-refractivity contribution < 1.29 is 13.7 Å². The van der Waals surface area contributed by atoms with Gasteiger partial charge in [-0.3, -0.25) is 4.79 Å². The first-order valence-corrected chi connectivity index (χ1v) is 7.78. The van der Waals surface area contributed by atoms with Crippen LogP contribution in [0.25, 0.3) is 11.3 Å². The maximum atomic E-state index is 12.5. The van der Waals surface area contributed by atoms with E-state index in [1.807, 2.05) is 13.0 Å². The number of nitrogens with one attached hydrogen (secondary N) is 1. The number of rotatable bonds is 5. The van der Waals surface area contributed by atoms with Crippen molar-refractivity contribution in [2.45, 2.75) is 26.8 Å². The predicted octanol–water partition coefficient (Wildman–Crippen LogP) is 3.18. The Morgan fingerprint density at radius 1 is 1.25 bits per heavy atom. The second-order valence-electron chi connectivity index (χ2n) is 5.07. The van der Waals surface area contributed by atoms with Gasteiger partial charge in [0.2, 0.25) is 11.8 Å². The highest BCUT2D eigenvalue weighted by molar-refractivity contribution is 6.33. The highest BCUT2D eigenvalue weighted by Crippen LogP contribution is 2.30. The van der Waals surface area contributed by atoms with Gasteiger partial charge in [0, 0.05) is 12.0 Å². The number of carbonyl (C=O) groups is 1. The SMILES string of the molecule is CCc1nnc(CNC(=O)c2c(-c3ccccc3Cl)noc2C)o1. The number of carbonyl (C=O) groups excluding carboxylic acids is 1. The summed E-state index contributed by atoms with van der Waals surface area (Å²) < 4.78 is 10.5. The quantitative estimate of drug-likeness (QED) is 0.762. The van der Waals surface area contributed by atoms with Crippen LogP contribution in [-0.4, -0.2) is 21.3 Å². The van der Waals surface area contributed by atoms with Crippen molar-refractivity contribution in [3.8, 4) is 11.3 Å². The van der Waals surface area contributed by atoms with Gasteiger partial charge < -0.3 is 14.3 Å². The maximum Gasteiger partial charge on any atom is 0.257 e. The number of hydrogen-bond donors (Lipinski definition) is 1. The number of hydrogen-bond acceptors (Lipinski definition) is 6. The Morgan fingerprint density at radius 2 is 2.00 bits per heavy atom. The van der Waals surface area contributed by atoms with E-state index in [0.29, 0.717) is 45.8 Å². The van der Waals surface area contributed by atoms with E-state index in [1.54, 1.807) is 25.1 Å². The van der Waals surface area contributed by atoms with Gasteiger partial charge in [-0.05, 0) is 13.0 Å². The van der Waals surface area contributed by atoms with Crippen LogP contribution in [0.3, 0.4) is 0 Å². The van der Waals surface area contributed by atoms with E-state index in [4.69, 9.17) is 20.5 Å². The zero-order valence-electron chi connectivity index (χ0n) is 13.2. The summed E-state index contributed by atoms with van der Waals surface area (Å²) in [6.45, 7) is 3.70. The van der Waals surface area contributed by atoms with Crippen molar-refractivity contribution in [2.75, 3.05) is 0 Å². The van der Waals surface area contributed by atoms with Crippen LogP contribution in [0.1, 0.15) is 34.8 Å². The van der Waals surface area contributed by atoms with Gasteiger partial charge in [0.1, 0.15) is 17.0 Å². The van der Waals surface area contributed by atoms with Crippen LogP contribution < -0.4 is 5.32 Å². The van der Waals surface area contributed by atoms with Gasteiger partial charge in [-0.1, -0.05) is 41.9 Å². The summed E-state index contributed by atoms with van der Waals surface area (Å²) in [5.74, 6) is 0.924. The Kier molecular flexibility index (Phi) is 4.61. The molecule has 0 bridgehead atoms. The molecule has 8 heteroatoms. The molecule has 24 heavy (non-hydrogen) atoms. The van der Waals surface area contributed by atoms with E-state index in [0.717, 1.165) is 0 Å². The Bertz CT molecular complexity index is 872. The largest absolute Gasteiger partial charge is 0.423 e. The maximum absolute atomic E-state index is 12.5. The molecule has 0 radical (unpaired) electrons. The highest BCUT2D eigenvalue weighted by Gasteiger charge is 2.23. The van der Waals surface area contributed by atoms with Crippen LogP contribution in [0.15, 0.2) is 33.2 Å². The van der Waals surface area contributed by atoms with Crippen LogP contribution in [0.5, 0.6) is 0 Å². The standard InChI is InChI=1S/C16H15ClN4O3/c1-3-12-19-20-13(23-12)8-18-16(22)14-9(2)24-21-15(14)10-6-4-5-7-11(10)17/h4-7H,3,8H2,1-2H3,(H,18,22). The molecule has 0 atom stereocenters. The Morgan fingerprint density at radius 3 is 2.71 bits per heavy atom. The zero-order valence-corrected chi connectivity index (χ0v) is 13.9. The van der Waals surface area contributed by atoms with Crippen molar-refractivity contribution in [1.29, 1.82) is 0 Å². The van der Waals surface area contributed by atoms with E-state index >= 15 is 0 Å². The second-order valence-corrected chi connectivity index (χ2v) is 5.48. The molecule has 0 saturated heterocycles. The molecule has 1 aromatic carbocycles. The minimum Gasteiger partial charge on any atom is -0.423 e. The molecule has 0 aliphatic heterocycles. The lowest BCUT2D eigenvalue weighted by Gasteiger charge is -2.05. The molecule has 0 unspecified atom stereocenters. The Hall–Kier alpha value is -2.67. The monoisotopic (exact) mass is 346 g/mol. The average Bonchev–Trinajstić information content (AvgIpc) is 3.19. The number of nitrogens with zero attached hydrogens (tertiary/aromatic N) is 3. The lowest BCUT2D eigenvalue weighted by atomic mass is 10.1. The molecule has 0 fully saturated rings. The molecule has 7 nitrogen and oxygen atoms in total. The molecule has 0 aliphatic rings. The lowest BCUT2D eigenvalue weighted by molar-refractivity contribution is 0.0946. The smallest absolute Gasteiger partial charge is 0.257 e. The third-order valence-corrected chi connectivity index (χ3v) is 3.76. The predicted molar refractivity (Wildman–Crippen MR) is 86.5 cm³/mol. The molecule has 3 rings (SSSR count). The molecule has 124 valence electrons. The van der Waals surface area contributed by atoms with Crippen LogP contribution in [-0.2, 0) is 13.0 Å². The zero-order chi connectivity index (χ0) is 17.1.